The van der Waals surface area contributed by atoms with E-state index < -0.39 is 18.4 Å². The summed E-state index contributed by atoms with van der Waals surface area (Å²) < 4.78 is 4.25. The summed E-state index contributed by atoms with van der Waals surface area (Å²) in [6.45, 7) is -0.405. The van der Waals surface area contributed by atoms with Crippen molar-refractivity contribution in [3.8, 4) is 0 Å². The van der Waals surface area contributed by atoms with E-state index in [-0.39, 0.29) is 5.76 Å². The lowest BCUT2D eigenvalue weighted by Gasteiger charge is -1.91. The van der Waals surface area contributed by atoms with Gasteiger partial charge in [-0.1, -0.05) is 0 Å². The molecule has 4 nitrogen and oxygen atoms in total. The standard InChI is InChI=1S/C5H4O4/c6-2-3-1-4(7)5(8)9-3/h1,6H,2H2. The number of hydrogen-bond acceptors (Lipinski definition) is 4. The number of hydrogen-bond donors (Lipinski definition) is 1. The van der Waals surface area contributed by atoms with Gasteiger partial charge in [0.2, 0.25) is 0 Å². The van der Waals surface area contributed by atoms with Crippen molar-refractivity contribution in [2.45, 2.75) is 0 Å². The van der Waals surface area contributed by atoms with E-state index in [1.165, 1.54) is 0 Å². The van der Waals surface area contributed by atoms with Gasteiger partial charge in [0.05, 0.1) is 0 Å². The van der Waals surface area contributed by atoms with Gasteiger partial charge in [-0.3, -0.25) is 4.79 Å². The van der Waals surface area contributed by atoms with Crippen molar-refractivity contribution >= 4 is 11.8 Å². The molecule has 0 saturated carbocycles. The fraction of sp³-hybridized carbons (Fsp3) is 0.200. The molecule has 0 bridgehead atoms. The van der Waals surface area contributed by atoms with Gasteiger partial charge in [0.15, 0.2) is 0 Å². The lowest BCUT2D eigenvalue weighted by Crippen LogP contribution is -2.05. The van der Waals surface area contributed by atoms with E-state index >= 15 is 0 Å². The van der Waals surface area contributed by atoms with Crippen LogP contribution in [0.4, 0.5) is 0 Å². The minimum atomic E-state index is -0.918. The average Bonchev–Trinajstić information content (AvgIpc) is 2.13. The third-order valence-electron chi connectivity index (χ3n) is 0.873. The summed E-state index contributed by atoms with van der Waals surface area (Å²) in [6.07, 6.45) is 0.975. The Morgan fingerprint density at radius 3 is 2.44 bits per heavy atom. The Bertz CT molecular complexity index is 191. The van der Waals surface area contributed by atoms with Crippen LogP contribution in [0.1, 0.15) is 0 Å². The molecule has 1 rings (SSSR count). The molecule has 0 atom stereocenters. The minimum absolute atomic E-state index is 0.0185. The first-order valence-electron chi connectivity index (χ1n) is 2.31. The van der Waals surface area contributed by atoms with Crippen molar-refractivity contribution in [3.05, 3.63) is 11.8 Å². The number of ether oxygens (including phenoxy) is 1. The first kappa shape index (κ1) is 5.97. The van der Waals surface area contributed by atoms with Gasteiger partial charge >= 0.3 is 5.97 Å². The highest BCUT2D eigenvalue weighted by Gasteiger charge is 2.22. The highest BCUT2D eigenvalue weighted by atomic mass is 16.6. The van der Waals surface area contributed by atoms with Crippen LogP contribution in [0, 0.1) is 0 Å². The van der Waals surface area contributed by atoms with E-state index in [2.05, 4.69) is 4.74 Å². The number of aliphatic hydroxyl groups excluding tert-OH is 1. The maximum absolute atomic E-state index is 10.3. The third kappa shape index (κ3) is 0.972. The molecule has 0 aromatic carbocycles. The molecule has 0 saturated heterocycles. The van der Waals surface area contributed by atoms with E-state index in [1.807, 2.05) is 0 Å². The lowest BCUT2D eigenvalue weighted by molar-refractivity contribution is -0.146. The van der Waals surface area contributed by atoms with Crippen molar-refractivity contribution in [2.75, 3.05) is 6.61 Å². The average molecular weight is 128 g/mol. The smallest absolute Gasteiger partial charge is 0.384 e. The number of ketones is 1. The summed E-state index contributed by atoms with van der Waals surface area (Å²) in [4.78, 5) is 20.5. The van der Waals surface area contributed by atoms with E-state index in [0.717, 1.165) is 6.08 Å². The first-order chi connectivity index (χ1) is 4.24. The molecule has 1 heterocycles. The zero-order chi connectivity index (χ0) is 6.85. The normalized spacial score (nSPS) is 17.7. The van der Waals surface area contributed by atoms with E-state index in [9.17, 15) is 9.59 Å². The zero-order valence-electron chi connectivity index (χ0n) is 4.46. The Kier molecular flexibility index (Phi) is 1.32. The van der Waals surface area contributed by atoms with Crippen LogP contribution in [-0.2, 0) is 14.3 Å². The highest BCUT2D eigenvalue weighted by molar-refractivity contribution is 6.40. The van der Waals surface area contributed by atoms with Crippen molar-refractivity contribution in [1.82, 2.24) is 0 Å². The molecule has 1 aliphatic rings. The Morgan fingerprint density at radius 2 is 2.22 bits per heavy atom. The second-order valence-corrected chi connectivity index (χ2v) is 1.52. The molecule has 0 fully saturated rings. The van der Waals surface area contributed by atoms with Crippen molar-refractivity contribution < 1.29 is 19.4 Å². The van der Waals surface area contributed by atoms with Crippen LogP contribution in [0.3, 0.4) is 0 Å². The predicted octanol–water partition coefficient (Wildman–Crippen LogP) is -1.01. The second kappa shape index (κ2) is 1.99. The quantitative estimate of drug-likeness (QED) is 0.363. The molecule has 4 heteroatoms. The molecule has 0 amide bonds. The topological polar surface area (TPSA) is 63.6 Å². The van der Waals surface area contributed by atoms with Gasteiger partial charge in [-0.05, 0) is 0 Å². The van der Waals surface area contributed by atoms with Gasteiger partial charge in [-0.25, -0.2) is 4.79 Å². The van der Waals surface area contributed by atoms with Gasteiger partial charge in [0.1, 0.15) is 12.4 Å². The molecule has 0 aromatic heterocycles. The van der Waals surface area contributed by atoms with Crippen LogP contribution >= 0.6 is 0 Å². The van der Waals surface area contributed by atoms with Crippen molar-refractivity contribution in [3.63, 3.8) is 0 Å². The second-order valence-electron chi connectivity index (χ2n) is 1.52. The lowest BCUT2D eigenvalue weighted by atomic mass is 10.4. The van der Waals surface area contributed by atoms with Crippen molar-refractivity contribution in [1.29, 1.82) is 0 Å². The molecular weight excluding hydrogens is 124 g/mol. The summed E-state index contributed by atoms with van der Waals surface area (Å²) >= 11 is 0. The van der Waals surface area contributed by atoms with Gasteiger partial charge in [0, 0.05) is 6.08 Å². The fourth-order valence-electron chi connectivity index (χ4n) is 0.482. The third-order valence-corrected chi connectivity index (χ3v) is 0.873. The Labute approximate surface area is 50.7 Å². The van der Waals surface area contributed by atoms with Gasteiger partial charge in [-0.2, -0.15) is 0 Å². The van der Waals surface area contributed by atoms with E-state index in [1.54, 1.807) is 0 Å². The van der Waals surface area contributed by atoms with E-state index in [0.29, 0.717) is 0 Å². The van der Waals surface area contributed by atoms with Crippen LogP contribution in [0.5, 0.6) is 0 Å². The van der Waals surface area contributed by atoms with Gasteiger partial charge in [-0.15, -0.1) is 0 Å². The zero-order valence-corrected chi connectivity index (χ0v) is 4.46. The Morgan fingerprint density at radius 1 is 1.56 bits per heavy atom. The molecule has 0 spiro atoms. The van der Waals surface area contributed by atoms with E-state index in [4.69, 9.17) is 5.11 Å². The number of rotatable bonds is 1. The van der Waals surface area contributed by atoms with Crippen molar-refractivity contribution in [2.24, 2.45) is 0 Å². The van der Waals surface area contributed by atoms with Gasteiger partial charge in [0.25, 0.3) is 5.78 Å². The van der Waals surface area contributed by atoms with Gasteiger partial charge < -0.3 is 9.84 Å². The molecule has 1 aliphatic heterocycles. The molecule has 0 radical (unpaired) electrons. The van der Waals surface area contributed by atoms with Crippen LogP contribution in [0.15, 0.2) is 11.8 Å². The molecule has 0 unspecified atom stereocenters. The monoisotopic (exact) mass is 128 g/mol. The summed E-state index contributed by atoms with van der Waals surface area (Å²) in [6, 6.07) is 0. The Balaban J connectivity index is 2.74. The SMILES string of the molecule is O=C1C=C(CO)OC1=O. The Hall–Kier alpha value is -1.16. The largest absolute Gasteiger partial charge is 0.422 e. The fourth-order valence-corrected chi connectivity index (χ4v) is 0.482. The summed E-state index contributed by atoms with van der Waals surface area (Å²) in [5.41, 5.74) is 0. The summed E-state index contributed by atoms with van der Waals surface area (Å²) in [5.74, 6) is -1.61. The maximum atomic E-state index is 10.3. The number of aliphatic hydroxyl groups is 1. The number of carbonyl (C=O) groups is 2. The van der Waals surface area contributed by atoms with Crippen LogP contribution in [0.25, 0.3) is 0 Å². The molecule has 0 aliphatic carbocycles. The van der Waals surface area contributed by atoms with Crippen LogP contribution in [0.2, 0.25) is 0 Å². The maximum Gasteiger partial charge on any atom is 0.384 e. The molecular formula is C5H4O4. The van der Waals surface area contributed by atoms with Crippen LogP contribution < -0.4 is 0 Å². The summed E-state index contributed by atoms with van der Waals surface area (Å²) in [5, 5.41) is 8.30. The minimum Gasteiger partial charge on any atom is -0.422 e. The molecule has 9 heavy (non-hydrogen) atoms. The predicted molar refractivity (Wildman–Crippen MR) is 26.3 cm³/mol. The van der Waals surface area contributed by atoms with Crippen LogP contribution in [-0.4, -0.2) is 23.5 Å². The molecule has 48 valence electrons. The summed E-state index contributed by atoms with van der Waals surface area (Å²) in [7, 11) is 0. The number of cyclic esters (lactones) is 1. The first-order valence-corrected chi connectivity index (χ1v) is 2.31. The molecule has 0 aromatic rings. The molecule has 1 N–H and O–H groups in total. The number of esters is 1. The number of carbonyl (C=O) groups excluding carboxylic acids is 2. The highest BCUT2D eigenvalue weighted by Crippen LogP contribution is 2.05.